The van der Waals surface area contributed by atoms with E-state index in [-0.39, 0.29) is 5.91 Å². The van der Waals surface area contributed by atoms with Crippen molar-refractivity contribution < 1.29 is 9.53 Å². The molecule has 0 unspecified atom stereocenters. The van der Waals surface area contributed by atoms with Crippen molar-refractivity contribution in [2.24, 2.45) is 0 Å². The maximum Gasteiger partial charge on any atom is 0.234 e. The minimum absolute atomic E-state index is 0.0114. The zero-order chi connectivity index (χ0) is 16.1. The molecule has 0 radical (unpaired) electrons. The average molecular weight is 327 g/mol. The number of benzene rings is 2. The predicted octanol–water partition coefficient (Wildman–Crippen LogP) is 4.30. The standard InChI is InChI=1S/C19H21NO2S/c1-2-22-18-9-4-3-8-17(18)20-19(21)13-23-16-11-10-14-6-5-7-15(14)12-16/h3-4,8-12H,2,5-7,13H2,1H3,(H,20,21). The number of hydrogen-bond acceptors (Lipinski definition) is 3. The fourth-order valence-corrected chi connectivity index (χ4v) is 3.58. The van der Waals surface area contributed by atoms with E-state index in [0.717, 1.165) is 12.1 Å². The summed E-state index contributed by atoms with van der Waals surface area (Å²) in [6, 6.07) is 14.1. The summed E-state index contributed by atoms with van der Waals surface area (Å²) < 4.78 is 5.53. The minimum Gasteiger partial charge on any atom is -0.492 e. The molecule has 0 fully saturated rings. The van der Waals surface area contributed by atoms with Crippen LogP contribution in [0.15, 0.2) is 47.4 Å². The van der Waals surface area contributed by atoms with Crippen LogP contribution in [-0.2, 0) is 17.6 Å². The molecule has 2 aromatic carbocycles. The molecule has 0 atom stereocenters. The minimum atomic E-state index is -0.0114. The van der Waals surface area contributed by atoms with E-state index in [1.807, 2.05) is 31.2 Å². The second kappa shape index (κ2) is 7.55. The molecule has 0 saturated heterocycles. The summed E-state index contributed by atoms with van der Waals surface area (Å²) in [6.45, 7) is 2.51. The Hall–Kier alpha value is -1.94. The van der Waals surface area contributed by atoms with Crippen LogP contribution in [0.4, 0.5) is 5.69 Å². The van der Waals surface area contributed by atoms with Gasteiger partial charge in [-0.2, -0.15) is 0 Å². The maximum absolute atomic E-state index is 12.2. The lowest BCUT2D eigenvalue weighted by molar-refractivity contribution is -0.113. The Kier molecular flexibility index (Phi) is 5.23. The van der Waals surface area contributed by atoms with Crippen molar-refractivity contribution >= 4 is 23.4 Å². The number of carbonyl (C=O) groups is 1. The van der Waals surface area contributed by atoms with Gasteiger partial charge in [0.2, 0.25) is 5.91 Å². The molecule has 2 aromatic rings. The van der Waals surface area contributed by atoms with Gasteiger partial charge in [-0.1, -0.05) is 18.2 Å². The van der Waals surface area contributed by atoms with Crippen molar-refractivity contribution in [2.45, 2.75) is 31.1 Å². The van der Waals surface area contributed by atoms with Crippen LogP contribution in [0.25, 0.3) is 0 Å². The number of thioether (sulfide) groups is 1. The summed E-state index contributed by atoms with van der Waals surface area (Å²) in [6.07, 6.45) is 3.60. The number of ether oxygens (including phenoxy) is 1. The molecule has 0 aromatic heterocycles. The van der Waals surface area contributed by atoms with E-state index in [1.165, 1.54) is 28.9 Å². The molecule has 4 heteroatoms. The molecule has 3 rings (SSSR count). The highest BCUT2D eigenvalue weighted by atomic mass is 32.2. The quantitative estimate of drug-likeness (QED) is 0.804. The van der Waals surface area contributed by atoms with Gasteiger partial charge in [0.15, 0.2) is 0 Å². The monoisotopic (exact) mass is 327 g/mol. The van der Waals surface area contributed by atoms with Gasteiger partial charge < -0.3 is 10.1 Å². The lowest BCUT2D eigenvalue weighted by Crippen LogP contribution is -2.14. The highest BCUT2D eigenvalue weighted by Gasteiger charge is 2.12. The van der Waals surface area contributed by atoms with Crippen molar-refractivity contribution in [3.8, 4) is 5.75 Å². The summed E-state index contributed by atoms with van der Waals surface area (Å²) in [4.78, 5) is 13.4. The van der Waals surface area contributed by atoms with E-state index in [1.54, 1.807) is 11.8 Å². The van der Waals surface area contributed by atoms with Crippen LogP contribution in [0.2, 0.25) is 0 Å². The Morgan fingerprint density at radius 2 is 2.00 bits per heavy atom. The molecule has 0 bridgehead atoms. The highest BCUT2D eigenvalue weighted by Crippen LogP contribution is 2.28. The van der Waals surface area contributed by atoms with Gasteiger partial charge in [-0.25, -0.2) is 0 Å². The van der Waals surface area contributed by atoms with E-state index >= 15 is 0 Å². The molecule has 3 nitrogen and oxygen atoms in total. The zero-order valence-corrected chi connectivity index (χ0v) is 14.1. The van der Waals surface area contributed by atoms with E-state index in [4.69, 9.17) is 4.74 Å². The molecule has 0 heterocycles. The van der Waals surface area contributed by atoms with Crippen molar-refractivity contribution in [2.75, 3.05) is 17.7 Å². The SMILES string of the molecule is CCOc1ccccc1NC(=O)CSc1ccc2c(c1)CCC2. The van der Waals surface area contributed by atoms with Gasteiger partial charge in [0.25, 0.3) is 0 Å². The summed E-state index contributed by atoms with van der Waals surface area (Å²) in [5, 5.41) is 2.93. The molecule has 1 aliphatic rings. The first kappa shape index (κ1) is 15.9. The van der Waals surface area contributed by atoms with Gasteiger partial charge >= 0.3 is 0 Å². The average Bonchev–Trinajstić information content (AvgIpc) is 3.03. The first-order chi connectivity index (χ1) is 11.3. The number of nitrogens with one attached hydrogen (secondary N) is 1. The Morgan fingerprint density at radius 3 is 2.87 bits per heavy atom. The topological polar surface area (TPSA) is 38.3 Å². The summed E-state index contributed by atoms with van der Waals surface area (Å²) in [5.74, 6) is 1.10. The van der Waals surface area contributed by atoms with Crippen LogP contribution in [0.1, 0.15) is 24.5 Å². The van der Waals surface area contributed by atoms with Crippen molar-refractivity contribution in [3.05, 3.63) is 53.6 Å². The van der Waals surface area contributed by atoms with Gasteiger partial charge in [0.1, 0.15) is 5.75 Å². The lowest BCUT2D eigenvalue weighted by atomic mass is 10.1. The smallest absolute Gasteiger partial charge is 0.234 e. The van der Waals surface area contributed by atoms with Gasteiger partial charge in [-0.05, 0) is 61.6 Å². The first-order valence-corrected chi connectivity index (χ1v) is 9.01. The Balaban J connectivity index is 1.58. The third-order valence-electron chi connectivity index (χ3n) is 3.90. The number of amides is 1. The first-order valence-electron chi connectivity index (χ1n) is 8.02. The molecular formula is C19H21NO2S. The summed E-state index contributed by atoms with van der Waals surface area (Å²) in [7, 11) is 0. The molecule has 1 aliphatic carbocycles. The van der Waals surface area contributed by atoms with E-state index < -0.39 is 0 Å². The zero-order valence-electron chi connectivity index (χ0n) is 13.3. The van der Waals surface area contributed by atoms with E-state index in [0.29, 0.717) is 18.1 Å². The third-order valence-corrected chi connectivity index (χ3v) is 4.89. The number of hydrogen-bond donors (Lipinski definition) is 1. The van der Waals surface area contributed by atoms with Gasteiger partial charge in [-0.15, -0.1) is 11.8 Å². The fraction of sp³-hybridized carbons (Fsp3) is 0.316. The van der Waals surface area contributed by atoms with Crippen molar-refractivity contribution in [1.29, 1.82) is 0 Å². The van der Waals surface area contributed by atoms with Crippen LogP contribution < -0.4 is 10.1 Å². The van der Waals surface area contributed by atoms with Gasteiger partial charge in [0, 0.05) is 4.90 Å². The van der Waals surface area contributed by atoms with Crippen LogP contribution in [-0.4, -0.2) is 18.3 Å². The second-order valence-electron chi connectivity index (χ2n) is 5.55. The fourth-order valence-electron chi connectivity index (χ4n) is 2.82. The van der Waals surface area contributed by atoms with Gasteiger partial charge in [0.05, 0.1) is 18.0 Å². The Labute approximate surface area is 141 Å². The largest absolute Gasteiger partial charge is 0.492 e. The number of rotatable bonds is 6. The summed E-state index contributed by atoms with van der Waals surface area (Å²) >= 11 is 1.58. The van der Waals surface area contributed by atoms with E-state index in [9.17, 15) is 4.79 Å². The second-order valence-corrected chi connectivity index (χ2v) is 6.60. The molecule has 120 valence electrons. The van der Waals surface area contributed by atoms with Crippen molar-refractivity contribution in [1.82, 2.24) is 0 Å². The lowest BCUT2D eigenvalue weighted by Gasteiger charge is -2.11. The molecule has 0 spiro atoms. The number of aryl methyl sites for hydroxylation is 2. The Morgan fingerprint density at radius 1 is 1.17 bits per heavy atom. The van der Waals surface area contributed by atoms with Crippen LogP contribution in [0.5, 0.6) is 5.75 Å². The molecular weight excluding hydrogens is 306 g/mol. The number of para-hydroxylation sites is 2. The summed E-state index contributed by atoms with van der Waals surface area (Å²) in [5.41, 5.74) is 3.63. The molecule has 1 N–H and O–H groups in total. The molecule has 1 amide bonds. The van der Waals surface area contributed by atoms with Crippen LogP contribution >= 0.6 is 11.8 Å². The molecule has 0 aliphatic heterocycles. The normalized spacial score (nSPS) is 12.7. The highest BCUT2D eigenvalue weighted by molar-refractivity contribution is 8.00. The number of carbonyl (C=O) groups excluding carboxylic acids is 1. The maximum atomic E-state index is 12.2. The molecule has 0 saturated carbocycles. The molecule has 23 heavy (non-hydrogen) atoms. The van der Waals surface area contributed by atoms with Crippen molar-refractivity contribution in [3.63, 3.8) is 0 Å². The number of fused-ring (bicyclic) bond motifs is 1. The Bertz CT molecular complexity index is 700. The number of anilines is 1. The van der Waals surface area contributed by atoms with Crippen LogP contribution in [0, 0.1) is 0 Å². The van der Waals surface area contributed by atoms with E-state index in [2.05, 4.69) is 23.5 Å². The third kappa shape index (κ3) is 4.08. The predicted molar refractivity (Wildman–Crippen MR) is 95.4 cm³/mol. The van der Waals surface area contributed by atoms with Gasteiger partial charge in [-0.3, -0.25) is 4.79 Å². The van der Waals surface area contributed by atoms with Crippen LogP contribution in [0.3, 0.4) is 0 Å².